The van der Waals surface area contributed by atoms with Crippen LogP contribution in [0, 0.1) is 0 Å². The lowest BCUT2D eigenvalue weighted by Gasteiger charge is -2.24. The zero-order chi connectivity index (χ0) is 16.2. The molecule has 3 heteroatoms. The predicted octanol–water partition coefficient (Wildman–Crippen LogP) is 4.25. The third-order valence-electron chi connectivity index (χ3n) is 3.89. The highest BCUT2D eigenvalue weighted by Crippen LogP contribution is 2.30. The topological polar surface area (TPSA) is 35.5 Å². The number of benzene rings is 2. The average molecular weight is 298 g/mol. The Balaban J connectivity index is 2.13. The number of ether oxygens (including phenoxy) is 2. The fraction of sp³-hybridized carbons (Fsp3) is 0.316. The molecule has 2 rings (SSSR count). The lowest BCUT2D eigenvalue weighted by Crippen LogP contribution is -2.22. The van der Waals surface area contributed by atoms with Gasteiger partial charge in [0.2, 0.25) is 0 Å². The van der Waals surface area contributed by atoms with Crippen molar-refractivity contribution < 1.29 is 14.3 Å². The molecular weight excluding hydrogens is 276 g/mol. The summed E-state index contributed by atoms with van der Waals surface area (Å²) in [5, 5.41) is 0. The highest BCUT2D eigenvalue weighted by molar-refractivity contribution is 5.97. The summed E-state index contributed by atoms with van der Waals surface area (Å²) in [4.78, 5) is 12.5. The Labute approximate surface area is 131 Å². The molecule has 0 atom stereocenters. The summed E-state index contributed by atoms with van der Waals surface area (Å²) in [5.41, 5.74) is 1.60. The van der Waals surface area contributed by atoms with Crippen molar-refractivity contribution in [3.8, 4) is 11.5 Å². The second-order valence-corrected chi connectivity index (χ2v) is 5.94. The monoisotopic (exact) mass is 298 g/mol. The number of hydrogen-bond acceptors (Lipinski definition) is 3. The molecule has 0 bridgehead atoms. The quantitative estimate of drug-likeness (QED) is 0.748. The van der Waals surface area contributed by atoms with Crippen molar-refractivity contribution in [1.82, 2.24) is 0 Å². The molecule has 0 saturated carbocycles. The van der Waals surface area contributed by atoms with E-state index in [1.165, 1.54) is 0 Å². The molecule has 0 spiro atoms. The Hall–Kier alpha value is -2.29. The van der Waals surface area contributed by atoms with Crippen molar-refractivity contribution >= 4 is 5.78 Å². The van der Waals surface area contributed by atoms with Gasteiger partial charge in [-0.1, -0.05) is 26.0 Å². The molecule has 0 aliphatic carbocycles. The van der Waals surface area contributed by atoms with E-state index in [0.29, 0.717) is 12.0 Å². The first kappa shape index (κ1) is 16.1. The molecule has 0 radical (unpaired) electrons. The van der Waals surface area contributed by atoms with E-state index in [0.717, 1.165) is 17.1 Å². The molecular formula is C19H22O3. The molecule has 0 N–H and O–H groups in total. The summed E-state index contributed by atoms with van der Waals surface area (Å²) in [5.74, 6) is 1.70. The molecule has 0 unspecified atom stereocenters. The van der Waals surface area contributed by atoms with Crippen LogP contribution in [0.5, 0.6) is 11.5 Å². The van der Waals surface area contributed by atoms with Gasteiger partial charge in [-0.05, 0) is 47.4 Å². The number of methoxy groups -OCH3 is 2. The largest absolute Gasteiger partial charge is 0.497 e. The summed E-state index contributed by atoms with van der Waals surface area (Å²) in [6.07, 6.45) is 0.450. The minimum atomic E-state index is -0.233. The van der Waals surface area contributed by atoms with Gasteiger partial charge in [-0.25, -0.2) is 0 Å². The lowest BCUT2D eigenvalue weighted by molar-refractivity contribution is 0.0958. The van der Waals surface area contributed by atoms with Crippen LogP contribution in [0.1, 0.15) is 36.2 Å². The van der Waals surface area contributed by atoms with Gasteiger partial charge in [-0.3, -0.25) is 4.79 Å². The van der Waals surface area contributed by atoms with E-state index in [4.69, 9.17) is 9.47 Å². The zero-order valence-electron chi connectivity index (χ0n) is 13.6. The Morgan fingerprint density at radius 2 is 1.32 bits per heavy atom. The average Bonchev–Trinajstić information content (AvgIpc) is 2.54. The molecule has 2 aromatic rings. The number of hydrogen-bond donors (Lipinski definition) is 0. The van der Waals surface area contributed by atoms with Crippen molar-refractivity contribution in [3.05, 3.63) is 59.7 Å². The Morgan fingerprint density at radius 1 is 0.864 bits per heavy atom. The molecule has 2 aromatic carbocycles. The van der Waals surface area contributed by atoms with Crippen molar-refractivity contribution in [2.24, 2.45) is 0 Å². The SMILES string of the molecule is COc1ccc(C(=O)CC(C)(C)c2ccc(OC)cc2)cc1. The maximum atomic E-state index is 12.5. The minimum Gasteiger partial charge on any atom is -0.497 e. The van der Waals surface area contributed by atoms with Crippen molar-refractivity contribution in [2.75, 3.05) is 14.2 Å². The van der Waals surface area contributed by atoms with Gasteiger partial charge >= 0.3 is 0 Å². The van der Waals surface area contributed by atoms with E-state index in [2.05, 4.69) is 13.8 Å². The van der Waals surface area contributed by atoms with Crippen LogP contribution in [0.4, 0.5) is 0 Å². The Bertz CT molecular complexity index is 625. The van der Waals surface area contributed by atoms with E-state index < -0.39 is 0 Å². The number of carbonyl (C=O) groups is 1. The van der Waals surface area contributed by atoms with Crippen LogP contribution in [0.2, 0.25) is 0 Å². The Kier molecular flexibility index (Phi) is 4.86. The highest BCUT2D eigenvalue weighted by atomic mass is 16.5. The van der Waals surface area contributed by atoms with Gasteiger partial charge in [0.05, 0.1) is 14.2 Å². The van der Waals surface area contributed by atoms with E-state index in [-0.39, 0.29) is 11.2 Å². The van der Waals surface area contributed by atoms with Crippen molar-refractivity contribution in [2.45, 2.75) is 25.7 Å². The van der Waals surface area contributed by atoms with Crippen LogP contribution in [0.15, 0.2) is 48.5 Å². The zero-order valence-corrected chi connectivity index (χ0v) is 13.6. The van der Waals surface area contributed by atoms with Gasteiger partial charge in [0, 0.05) is 12.0 Å². The van der Waals surface area contributed by atoms with Gasteiger partial charge < -0.3 is 9.47 Å². The fourth-order valence-electron chi connectivity index (χ4n) is 2.42. The van der Waals surface area contributed by atoms with Gasteiger partial charge in [0.1, 0.15) is 11.5 Å². The van der Waals surface area contributed by atoms with Crippen LogP contribution < -0.4 is 9.47 Å². The normalized spacial score (nSPS) is 11.1. The van der Waals surface area contributed by atoms with Crippen molar-refractivity contribution in [3.63, 3.8) is 0 Å². The summed E-state index contributed by atoms with van der Waals surface area (Å²) in [6.45, 7) is 4.16. The first-order valence-electron chi connectivity index (χ1n) is 7.28. The first-order valence-corrected chi connectivity index (χ1v) is 7.28. The van der Waals surface area contributed by atoms with Gasteiger partial charge in [0.15, 0.2) is 5.78 Å². The number of Topliss-reactive ketones (excluding diaryl/α,β-unsaturated/α-hetero) is 1. The molecule has 0 aliphatic heterocycles. The minimum absolute atomic E-state index is 0.128. The van der Waals surface area contributed by atoms with E-state index in [1.807, 2.05) is 48.5 Å². The molecule has 0 amide bonds. The van der Waals surface area contributed by atoms with Crippen LogP contribution in [-0.2, 0) is 5.41 Å². The smallest absolute Gasteiger partial charge is 0.163 e. The number of rotatable bonds is 6. The van der Waals surface area contributed by atoms with Crippen molar-refractivity contribution in [1.29, 1.82) is 0 Å². The highest BCUT2D eigenvalue weighted by Gasteiger charge is 2.25. The Morgan fingerprint density at radius 3 is 1.77 bits per heavy atom. The summed E-state index contributed by atoms with van der Waals surface area (Å²) in [7, 11) is 3.26. The lowest BCUT2D eigenvalue weighted by atomic mass is 9.79. The van der Waals surface area contributed by atoms with E-state index in [1.54, 1.807) is 14.2 Å². The third-order valence-corrected chi connectivity index (χ3v) is 3.89. The first-order chi connectivity index (χ1) is 10.5. The molecule has 0 aromatic heterocycles. The molecule has 116 valence electrons. The van der Waals surface area contributed by atoms with Gasteiger partial charge in [-0.15, -0.1) is 0 Å². The number of carbonyl (C=O) groups excluding carboxylic acids is 1. The fourth-order valence-corrected chi connectivity index (χ4v) is 2.42. The van der Waals surface area contributed by atoms with Gasteiger partial charge in [0.25, 0.3) is 0 Å². The van der Waals surface area contributed by atoms with E-state index in [9.17, 15) is 4.79 Å². The van der Waals surface area contributed by atoms with Crippen LogP contribution >= 0.6 is 0 Å². The molecule has 0 fully saturated rings. The molecule has 3 nitrogen and oxygen atoms in total. The maximum Gasteiger partial charge on any atom is 0.163 e. The van der Waals surface area contributed by atoms with Gasteiger partial charge in [-0.2, -0.15) is 0 Å². The van der Waals surface area contributed by atoms with Crippen LogP contribution in [0.3, 0.4) is 0 Å². The second-order valence-electron chi connectivity index (χ2n) is 5.94. The molecule has 0 aliphatic rings. The predicted molar refractivity (Wildman–Crippen MR) is 88.0 cm³/mol. The molecule has 0 saturated heterocycles. The second kappa shape index (κ2) is 6.65. The summed E-state index contributed by atoms with van der Waals surface area (Å²) < 4.78 is 10.3. The summed E-state index contributed by atoms with van der Waals surface area (Å²) in [6, 6.07) is 15.1. The standard InChI is InChI=1S/C19H22O3/c1-19(2,15-7-11-17(22-4)12-8-15)13-18(20)14-5-9-16(21-3)10-6-14/h5-12H,13H2,1-4H3. The van der Waals surface area contributed by atoms with Crippen LogP contribution in [-0.4, -0.2) is 20.0 Å². The molecule has 22 heavy (non-hydrogen) atoms. The van der Waals surface area contributed by atoms with Crippen LogP contribution in [0.25, 0.3) is 0 Å². The maximum absolute atomic E-state index is 12.5. The molecule has 0 heterocycles. The number of ketones is 1. The summed E-state index contributed by atoms with van der Waals surface area (Å²) >= 11 is 0. The van der Waals surface area contributed by atoms with E-state index >= 15 is 0 Å². The third kappa shape index (κ3) is 3.67.